The first kappa shape index (κ1) is 14.4. The van der Waals surface area contributed by atoms with Gasteiger partial charge < -0.3 is 9.84 Å². The minimum Gasteiger partial charge on any atom is -0.480 e. The number of hydrogen-bond donors (Lipinski definition) is 1. The van der Waals surface area contributed by atoms with Crippen LogP contribution < -0.4 is 4.74 Å². The number of alkyl halides is 2. The summed E-state index contributed by atoms with van der Waals surface area (Å²) in [4.78, 5) is 12.9. The molecule has 0 aliphatic carbocycles. The topological polar surface area (TPSA) is 49.8 Å². The van der Waals surface area contributed by atoms with E-state index in [-0.39, 0.29) is 5.75 Å². The Morgan fingerprint density at radius 3 is 2.50 bits per heavy atom. The normalized spacial score (nSPS) is 14.6. The first-order valence-electron chi connectivity index (χ1n) is 5.24. The minimum atomic E-state index is -2.93. The summed E-state index contributed by atoms with van der Waals surface area (Å²) in [5.41, 5.74) is -0.931. The maximum absolute atomic E-state index is 12.1. The van der Waals surface area contributed by atoms with E-state index in [1.807, 2.05) is 0 Å². The molecule has 1 atom stereocenters. The lowest BCUT2D eigenvalue weighted by atomic mass is 9.91. The number of likely N-dealkylation sites (N-methyl/N-ethyl adjacent to an activating group) is 1. The molecule has 0 aliphatic heterocycles. The number of hydrogen-bond acceptors (Lipinski definition) is 3. The van der Waals surface area contributed by atoms with E-state index in [0.29, 0.717) is 5.56 Å². The first-order valence-corrected chi connectivity index (χ1v) is 5.24. The van der Waals surface area contributed by atoms with Gasteiger partial charge in [-0.25, -0.2) is 4.79 Å². The number of carboxylic acid groups (broad SMARTS) is 1. The van der Waals surface area contributed by atoms with Gasteiger partial charge in [0.2, 0.25) is 0 Å². The second kappa shape index (κ2) is 5.30. The summed E-state index contributed by atoms with van der Waals surface area (Å²) in [6, 6.07) is 5.71. The molecule has 0 saturated carbocycles. The van der Waals surface area contributed by atoms with Crippen molar-refractivity contribution in [2.45, 2.75) is 19.1 Å². The Kier molecular flexibility index (Phi) is 4.24. The van der Waals surface area contributed by atoms with Crippen LogP contribution in [0.25, 0.3) is 0 Å². The van der Waals surface area contributed by atoms with Gasteiger partial charge in [-0.3, -0.25) is 4.90 Å². The van der Waals surface area contributed by atoms with E-state index in [2.05, 4.69) is 4.74 Å². The van der Waals surface area contributed by atoms with Crippen molar-refractivity contribution in [3.8, 4) is 5.75 Å². The molecule has 0 amide bonds. The summed E-state index contributed by atoms with van der Waals surface area (Å²) >= 11 is 0. The third-order valence-electron chi connectivity index (χ3n) is 2.93. The summed E-state index contributed by atoms with van der Waals surface area (Å²) in [5, 5.41) is 9.30. The fourth-order valence-corrected chi connectivity index (χ4v) is 1.55. The highest BCUT2D eigenvalue weighted by atomic mass is 19.3. The second-order valence-electron chi connectivity index (χ2n) is 4.18. The molecule has 4 nitrogen and oxygen atoms in total. The number of nitrogens with zero attached hydrogens (tertiary/aromatic N) is 1. The Morgan fingerprint density at radius 2 is 2.06 bits per heavy atom. The molecule has 0 bridgehead atoms. The average Bonchev–Trinajstić information content (AvgIpc) is 2.26. The molecule has 0 aliphatic rings. The van der Waals surface area contributed by atoms with Crippen molar-refractivity contribution in [2.75, 3.05) is 14.1 Å². The molecule has 1 unspecified atom stereocenters. The molecule has 1 rings (SSSR count). The fourth-order valence-electron chi connectivity index (χ4n) is 1.55. The average molecular weight is 259 g/mol. The number of benzene rings is 1. The number of aliphatic carboxylic acids is 1. The highest BCUT2D eigenvalue weighted by Gasteiger charge is 2.37. The van der Waals surface area contributed by atoms with E-state index in [1.54, 1.807) is 20.2 Å². The van der Waals surface area contributed by atoms with Crippen molar-refractivity contribution < 1.29 is 23.4 Å². The molecule has 1 aromatic carbocycles. The van der Waals surface area contributed by atoms with Crippen LogP contribution in [0, 0.1) is 0 Å². The van der Waals surface area contributed by atoms with Crippen molar-refractivity contribution in [2.24, 2.45) is 0 Å². The Hall–Kier alpha value is -1.69. The van der Waals surface area contributed by atoms with Gasteiger partial charge in [0.05, 0.1) is 0 Å². The molecular weight excluding hydrogens is 244 g/mol. The zero-order chi connectivity index (χ0) is 13.9. The molecule has 0 saturated heterocycles. The standard InChI is InChI=1S/C12H15F2NO3/c1-12(10(16)17,15(2)3)8-5-4-6-9(7-8)18-11(13)14/h4-7,11H,1-3H3,(H,16,17). The molecule has 1 N–H and O–H groups in total. The van der Waals surface area contributed by atoms with E-state index in [0.717, 1.165) is 0 Å². The summed E-state index contributed by atoms with van der Waals surface area (Å²) in [6.07, 6.45) is 0. The quantitative estimate of drug-likeness (QED) is 0.880. The van der Waals surface area contributed by atoms with Crippen LogP contribution in [0.5, 0.6) is 5.75 Å². The predicted molar refractivity (Wildman–Crippen MR) is 61.7 cm³/mol. The lowest BCUT2D eigenvalue weighted by Gasteiger charge is -2.32. The molecule has 0 fully saturated rings. The largest absolute Gasteiger partial charge is 0.480 e. The van der Waals surface area contributed by atoms with Gasteiger partial charge in [-0.05, 0) is 38.7 Å². The van der Waals surface area contributed by atoms with Crippen molar-refractivity contribution in [3.63, 3.8) is 0 Å². The van der Waals surface area contributed by atoms with E-state index >= 15 is 0 Å². The van der Waals surface area contributed by atoms with Gasteiger partial charge in [-0.2, -0.15) is 8.78 Å². The Bertz CT molecular complexity index is 437. The highest BCUT2D eigenvalue weighted by molar-refractivity contribution is 5.80. The van der Waals surface area contributed by atoms with E-state index in [4.69, 9.17) is 0 Å². The zero-order valence-corrected chi connectivity index (χ0v) is 10.4. The minimum absolute atomic E-state index is 0.0585. The van der Waals surface area contributed by atoms with E-state index in [1.165, 1.54) is 30.0 Å². The molecule has 100 valence electrons. The van der Waals surface area contributed by atoms with Crippen molar-refractivity contribution >= 4 is 5.97 Å². The first-order chi connectivity index (χ1) is 8.28. The Balaban J connectivity index is 3.18. The molecule has 1 aromatic rings. The van der Waals surface area contributed by atoms with Crippen LogP contribution >= 0.6 is 0 Å². The van der Waals surface area contributed by atoms with Crippen LogP contribution in [0.1, 0.15) is 12.5 Å². The van der Waals surface area contributed by atoms with Crippen LogP contribution in [0.3, 0.4) is 0 Å². The zero-order valence-electron chi connectivity index (χ0n) is 10.4. The third kappa shape index (κ3) is 2.76. The van der Waals surface area contributed by atoms with E-state index in [9.17, 15) is 18.7 Å². The monoisotopic (exact) mass is 259 g/mol. The van der Waals surface area contributed by atoms with Crippen LogP contribution in [0.2, 0.25) is 0 Å². The van der Waals surface area contributed by atoms with E-state index < -0.39 is 18.1 Å². The number of carboxylic acids is 1. The molecule has 18 heavy (non-hydrogen) atoms. The predicted octanol–water partition coefficient (Wildman–Crippen LogP) is 2.15. The summed E-state index contributed by atoms with van der Waals surface area (Å²) in [5.74, 6) is -1.13. The van der Waals surface area contributed by atoms with Crippen LogP contribution in [-0.4, -0.2) is 36.7 Å². The van der Waals surface area contributed by atoms with Crippen LogP contribution in [0.15, 0.2) is 24.3 Å². The molecule has 0 spiro atoms. The summed E-state index contributed by atoms with van der Waals surface area (Å²) in [6.45, 7) is -1.44. The van der Waals surface area contributed by atoms with Gasteiger partial charge in [0.1, 0.15) is 11.3 Å². The van der Waals surface area contributed by atoms with Gasteiger partial charge in [-0.1, -0.05) is 12.1 Å². The van der Waals surface area contributed by atoms with Gasteiger partial charge in [0.15, 0.2) is 0 Å². The van der Waals surface area contributed by atoms with Crippen molar-refractivity contribution in [3.05, 3.63) is 29.8 Å². The number of halogens is 2. The second-order valence-corrected chi connectivity index (χ2v) is 4.18. The highest BCUT2D eigenvalue weighted by Crippen LogP contribution is 2.29. The van der Waals surface area contributed by atoms with Crippen molar-refractivity contribution in [1.82, 2.24) is 4.90 Å². The smallest absolute Gasteiger partial charge is 0.387 e. The molecule has 6 heteroatoms. The molecule has 0 heterocycles. The number of carbonyl (C=O) groups is 1. The Morgan fingerprint density at radius 1 is 1.44 bits per heavy atom. The van der Waals surface area contributed by atoms with Crippen LogP contribution in [0.4, 0.5) is 8.78 Å². The maximum atomic E-state index is 12.1. The Labute approximate surface area is 104 Å². The molecule has 0 radical (unpaired) electrons. The van der Waals surface area contributed by atoms with Gasteiger partial charge in [0.25, 0.3) is 0 Å². The lowest BCUT2D eigenvalue weighted by Crippen LogP contribution is -2.45. The lowest BCUT2D eigenvalue weighted by molar-refractivity contribution is -0.149. The maximum Gasteiger partial charge on any atom is 0.387 e. The third-order valence-corrected chi connectivity index (χ3v) is 2.93. The van der Waals surface area contributed by atoms with Gasteiger partial charge >= 0.3 is 12.6 Å². The number of rotatable bonds is 5. The summed E-state index contributed by atoms with van der Waals surface area (Å²) < 4.78 is 28.5. The summed E-state index contributed by atoms with van der Waals surface area (Å²) in [7, 11) is 3.21. The molecule has 0 aromatic heterocycles. The molecular formula is C12H15F2NO3. The van der Waals surface area contributed by atoms with Gasteiger partial charge in [-0.15, -0.1) is 0 Å². The number of ether oxygens (including phenoxy) is 1. The fraction of sp³-hybridized carbons (Fsp3) is 0.417. The van der Waals surface area contributed by atoms with Gasteiger partial charge in [0, 0.05) is 0 Å². The van der Waals surface area contributed by atoms with Crippen molar-refractivity contribution in [1.29, 1.82) is 0 Å². The van der Waals surface area contributed by atoms with Crippen LogP contribution in [-0.2, 0) is 10.3 Å². The SMILES string of the molecule is CN(C)C(C)(C(=O)O)c1cccc(OC(F)F)c1.